The van der Waals surface area contributed by atoms with Crippen molar-refractivity contribution in [2.24, 2.45) is 0 Å². The van der Waals surface area contributed by atoms with E-state index in [0.717, 1.165) is 23.4 Å². The molecule has 1 atom stereocenters. The number of ether oxygens (including phenoxy) is 1. The Morgan fingerprint density at radius 1 is 1.61 bits per heavy atom. The van der Waals surface area contributed by atoms with Crippen molar-refractivity contribution in [2.45, 2.75) is 51.7 Å². The molecule has 1 unspecified atom stereocenters. The molecule has 1 aromatic heterocycles. The maximum Gasteiger partial charge on any atom is 0.252 e. The van der Waals surface area contributed by atoms with Crippen LogP contribution in [0.25, 0.3) is 0 Å². The van der Waals surface area contributed by atoms with Crippen LogP contribution in [0.15, 0.2) is 0 Å². The molecule has 1 fully saturated rings. The van der Waals surface area contributed by atoms with Crippen molar-refractivity contribution in [3.05, 3.63) is 10.6 Å². The van der Waals surface area contributed by atoms with Gasteiger partial charge in [0, 0.05) is 6.61 Å². The Hall–Kier alpha value is -1.01. The van der Waals surface area contributed by atoms with Crippen molar-refractivity contribution in [2.75, 3.05) is 6.61 Å². The topological polar surface area (TPSA) is 64.1 Å². The lowest BCUT2D eigenvalue weighted by molar-refractivity contribution is -0.139. The van der Waals surface area contributed by atoms with Crippen molar-refractivity contribution < 1.29 is 9.53 Å². The van der Waals surface area contributed by atoms with Crippen LogP contribution in [0.4, 0.5) is 0 Å². The Bertz CT molecular complexity index is 425. The summed E-state index contributed by atoms with van der Waals surface area (Å²) in [6.07, 6.45) is 1.74. The Balaban J connectivity index is 1.95. The molecule has 1 saturated heterocycles. The van der Waals surface area contributed by atoms with Crippen LogP contribution in [0.1, 0.15) is 50.1 Å². The Morgan fingerprint density at radius 3 is 3.00 bits per heavy atom. The van der Waals surface area contributed by atoms with Crippen LogP contribution in [0, 0.1) is 0 Å². The first-order valence-electron chi connectivity index (χ1n) is 6.26. The molecule has 2 rings (SSSR count). The van der Waals surface area contributed by atoms with E-state index in [4.69, 9.17) is 4.74 Å². The fraction of sp³-hybridized carbons (Fsp3) is 0.750. The summed E-state index contributed by atoms with van der Waals surface area (Å²) in [7, 11) is 0. The highest BCUT2D eigenvalue weighted by atomic mass is 32.1. The Kier molecular flexibility index (Phi) is 3.97. The van der Waals surface area contributed by atoms with Crippen molar-refractivity contribution in [3.63, 3.8) is 0 Å². The maximum atomic E-state index is 12.1. The van der Waals surface area contributed by atoms with E-state index in [9.17, 15) is 4.79 Å². The number of carbonyl (C=O) groups is 1. The predicted octanol–water partition coefficient (Wildman–Crippen LogP) is 1.85. The first-order chi connectivity index (χ1) is 8.53. The van der Waals surface area contributed by atoms with Gasteiger partial charge in [-0.05, 0) is 37.2 Å². The van der Waals surface area contributed by atoms with E-state index in [1.807, 2.05) is 6.92 Å². The van der Waals surface area contributed by atoms with Gasteiger partial charge in [0.2, 0.25) is 0 Å². The van der Waals surface area contributed by atoms with Gasteiger partial charge in [-0.25, -0.2) is 0 Å². The second-order valence-corrected chi connectivity index (χ2v) is 5.94. The van der Waals surface area contributed by atoms with Crippen LogP contribution in [0.2, 0.25) is 0 Å². The Morgan fingerprint density at radius 2 is 2.39 bits per heavy atom. The first-order valence-corrected chi connectivity index (χ1v) is 7.03. The van der Waals surface area contributed by atoms with Gasteiger partial charge in [0.1, 0.15) is 5.60 Å². The molecular formula is C12H19N3O2S. The third-order valence-electron chi connectivity index (χ3n) is 3.24. The smallest absolute Gasteiger partial charge is 0.252 e. The molecule has 0 radical (unpaired) electrons. The standard InChI is InChI=1S/C12H19N3O2S/c1-8(2)10-9(18-15-14-10)7-13-11(16)12(3)5-4-6-17-12/h8H,4-7H2,1-3H3,(H,13,16). The van der Waals surface area contributed by atoms with Gasteiger partial charge in [-0.1, -0.05) is 18.3 Å². The average molecular weight is 269 g/mol. The zero-order chi connectivity index (χ0) is 13.2. The molecule has 1 aliphatic rings. The van der Waals surface area contributed by atoms with E-state index in [0.29, 0.717) is 19.1 Å². The zero-order valence-corrected chi connectivity index (χ0v) is 11.8. The van der Waals surface area contributed by atoms with Gasteiger partial charge >= 0.3 is 0 Å². The van der Waals surface area contributed by atoms with Crippen LogP contribution in [0.5, 0.6) is 0 Å². The quantitative estimate of drug-likeness (QED) is 0.906. The molecule has 1 amide bonds. The first kappa shape index (κ1) is 13.4. The number of amides is 1. The molecule has 2 heterocycles. The van der Waals surface area contributed by atoms with Gasteiger partial charge in [0.25, 0.3) is 5.91 Å². The molecule has 5 nitrogen and oxygen atoms in total. The van der Waals surface area contributed by atoms with E-state index in [2.05, 4.69) is 28.8 Å². The maximum absolute atomic E-state index is 12.1. The molecule has 18 heavy (non-hydrogen) atoms. The summed E-state index contributed by atoms with van der Waals surface area (Å²) in [5.74, 6) is 0.289. The molecule has 1 aromatic rings. The average Bonchev–Trinajstić information content (AvgIpc) is 2.95. The minimum atomic E-state index is -0.657. The van der Waals surface area contributed by atoms with E-state index < -0.39 is 5.60 Å². The van der Waals surface area contributed by atoms with Crippen LogP contribution in [0.3, 0.4) is 0 Å². The molecule has 1 N–H and O–H groups in total. The van der Waals surface area contributed by atoms with Crippen LogP contribution < -0.4 is 5.32 Å². The van der Waals surface area contributed by atoms with E-state index in [-0.39, 0.29) is 5.91 Å². The minimum Gasteiger partial charge on any atom is -0.365 e. The molecular weight excluding hydrogens is 250 g/mol. The van der Waals surface area contributed by atoms with E-state index >= 15 is 0 Å². The highest BCUT2D eigenvalue weighted by molar-refractivity contribution is 7.05. The van der Waals surface area contributed by atoms with Gasteiger partial charge in [0.05, 0.1) is 17.1 Å². The molecule has 0 bridgehead atoms. The summed E-state index contributed by atoms with van der Waals surface area (Å²) in [6.45, 7) is 7.16. The fourth-order valence-electron chi connectivity index (χ4n) is 2.08. The monoisotopic (exact) mass is 269 g/mol. The molecule has 0 saturated carbocycles. The highest BCUT2D eigenvalue weighted by Crippen LogP contribution is 2.25. The Labute approximate surface area is 111 Å². The van der Waals surface area contributed by atoms with Crippen molar-refractivity contribution in [1.82, 2.24) is 14.9 Å². The van der Waals surface area contributed by atoms with E-state index in [1.165, 1.54) is 11.5 Å². The summed E-state index contributed by atoms with van der Waals surface area (Å²) in [5.41, 5.74) is 0.314. The second kappa shape index (κ2) is 5.32. The third kappa shape index (κ3) is 2.70. The summed E-state index contributed by atoms with van der Waals surface area (Å²) in [5, 5.41) is 7.02. The van der Waals surface area contributed by atoms with E-state index in [1.54, 1.807) is 0 Å². The lowest BCUT2D eigenvalue weighted by Crippen LogP contribution is -2.43. The molecule has 0 spiro atoms. The predicted molar refractivity (Wildman–Crippen MR) is 69.4 cm³/mol. The second-order valence-electron chi connectivity index (χ2n) is 5.10. The van der Waals surface area contributed by atoms with Crippen LogP contribution in [-0.2, 0) is 16.1 Å². The molecule has 1 aliphatic heterocycles. The number of aromatic nitrogens is 2. The van der Waals surface area contributed by atoms with Crippen LogP contribution >= 0.6 is 11.5 Å². The lowest BCUT2D eigenvalue weighted by Gasteiger charge is -2.21. The fourth-order valence-corrected chi connectivity index (χ4v) is 2.82. The lowest BCUT2D eigenvalue weighted by atomic mass is 10.0. The highest BCUT2D eigenvalue weighted by Gasteiger charge is 2.37. The number of hydrogen-bond donors (Lipinski definition) is 1. The molecule has 100 valence electrons. The minimum absolute atomic E-state index is 0.0388. The molecule has 0 aliphatic carbocycles. The van der Waals surface area contributed by atoms with Gasteiger partial charge in [-0.15, -0.1) is 5.10 Å². The van der Waals surface area contributed by atoms with Crippen LogP contribution in [-0.4, -0.2) is 27.7 Å². The normalized spacial score (nSPS) is 23.6. The number of carbonyl (C=O) groups excluding carboxylic acids is 1. The summed E-state index contributed by atoms with van der Waals surface area (Å²) >= 11 is 1.34. The SMILES string of the molecule is CC(C)c1nnsc1CNC(=O)C1(C)CCCO1. The summed E-state index contributed by atoms with van der Waals surface area (Å²) in [4.78, 5) is 13.1. The van der Waals surface area contributed by atoms with Crippen molar-refractivity contribution >= 4 is 17.4 Å². The van der Waals surface area contributed by atoms with Gasteiger partial charge in [0.15, 0.2) is 0 Å². The number of rotatable bonds is 4. The van der Waals surface area contributed by atoms with Crippen molar-refractivity contribution in [3.8, 4) is 0 Å². The third-order valence-corrected chi connectivity index (χ3v) is 3.98. The van der Waals surface area contributed by atoms with Gasteiger partial charge in [-0.2, -0.15) is 0 Å². The van der Waals surface area contributed by atoms with Gasteiger partial charge < -0.3 is 10.1 Å². The summed E-state index contributed by atoms with van der Waals surface area (Å²) in [6, 6.07) is 0. The zero-order valence-electron chi connectivity index (χ0n) is 11.0. The van der Waals surface area contributed by atoms with Gasteiger partial charge in [-0.3, -0.25) is 4.79 Å². The molecule has 6 heteroatoms. The number of nitrogens with zero attached hydrogens (tertiary/aromatic N) is 2. The number of hydrogen-bond acceptors (Lipinski definition) is 5. The molecule has 0 aromatic carbocycles. The van der Waals surface area contributed by atoms with Crippen molar-refractivity contribution in [1.29, 1.82) is 0 Å². The number of nitrogens with one attached hydrogen (secondary N) is 1. The summed E-state index contributed by atoms with van der Waals surface area (Å²) < 4.78 is 9.46. The largest absolute Gasteiger partial charge is 0.365 e.